The second-order valence-corrected chi connectivity index (χ2v) is 7.53. The van der Waals surface area contributed by atoms with Crippen LogP contribution in [0.1, 0.15) is 44.9 Å². The third-order valence-electron chi connectivity index (χ3n) is 3.10. The summed E-state index contributed by atoms with van der Waals surface area (Å²) in [5.41, 5.74) is 0. The zero-order chi connectivity index (χ0) is 11.6. The van der Waals surface area contributed by atoms with Crippen molar-refractivity contribution < 1.29 is 26.0 Å². The second-order valence-electron chi connectivity index (χ2n) is 4.25. The molecule has 2 rings (SSSR count). The number of rotatable bonds is 4. The predicted molar refractivity (Wildman–Crippen MR) is 63.5 cm³/mol. The van der Waals surface area contributed by atoms with Crippen LogP contribution in [0.4, 0.5) is 0 Å². The van der Waals surface area contributed by atoms with Crippen molar-refractivity contribution in [3.05, 3.63) is 0 Å². The van der Waals surface area contributed by atoms with E-state index in [2.05, 4.69) is 0 Å². The molecular weight excluding hydrogens is 430 g/mol. The van der Waals surface area contributed by atoms with E-state index in [0.717, 1.165) is 13.2 Å². The Morgan fingerprint density at radius 2 is 1.38 bits per heavy atom. The molecule has 2 atom stereocenters. The van der Waals surface area contributed by atoms with Gasteiger partial charge in [-0.1, -0.05) is 0 Å². The molecule has 2 heterocycles. The van der Waals surface area contributed by atoms with Crippen molar-refractivity contribution in [3.63, 3.8) is 0 Å². The van der Waals surface area contributed by atoms with E-state index in [0.29, 0.717) is 12.2 Å². The standard InChI is InChI=1S/C11H20O2.2ClH.Pt/c1(4-10-6-2-8-12-10)5-11-7-3-9-13-11;;;/h10-11H,1-9H2;2*1H;/q;;;+2/p-2. The summed E-state index contributed by atoms with van der Waals surface area (Å²) in [6, 6.07) is 0. The van der Waals surface area contributed by atoms with E-state index in [1.54, 1.807) is 0 Å². The second kappa shape index (κ2) is 10.1. The van der Waals surface area contributed by atoms with Gasteiger partial charge in [-0.3, -0.25) is 0 Å². The molecular formula is C11H20Cl2O2Pt. The van der Waals surface area contributed by atoms with Gasteiger partial charge in [0.25, 0.3) is 0 Å². The molecule has 0 bridgehead atoms. The van der Waals surface area contributed by atoms with E-state index in [-0.39, 0.29) is 0 Å². The molecule has 2 nitrogen and oxygen atoms in total. The average Bonchev–Trinajstić information content (AvgIpc) is 2.91. The van der Waals surface area contributed by atoms with Crippen LogP contribution in [0.25, 0.3) is 0 Å². The van der Waals surface area contributed by atoms with Gasteiger partial charge in [0.15, 0.2) is 0 Å². The summed E-state index contributed by atoms with van der Waals surface area (Å²) in [4.78, 5) is 0. The average molecular weight is 450 g/mol. The molecule has 5 heteroatoms. The first-order chi connectivity index (χ1) is 7.86. The third-order valence-corrected chi connectivity index (χ3v) is 3.10. The van der Waals surface area contributed by atoms with Crippen molar-refractivity contribution in [1.29, 1.82) is 0 Å². The van der Waals surface area contributed by atoms with Gasteiger partial charge in [-0.15, -0.1) is 0 Å². The molecule has 0 saturated carbocycles. The quantitative estimate of drug-likeness (QED) is 0.648. The van der Waals surface area contributed by atoms with Crippen molar-refractivity contribution in [2.45, 2.75) is 57.2 Å². The Kier molecular flexibility index (Phi) is 9.66. The van der Waals surface area contributed by atoms with Gasteiger partial charge in [0.05, 0.1) is 12.2 Å². The molecule has 0 amide bonds. The SMILES string of the molecule is C1COC(CCCC2CCCO2)C1.[Cl][Pt][Cl]. The van der Waals surface area contributed by atoms with E-state index >= 15 is 0 Å². The van der Waals surface area contributed by atoms with Gasteiger partial charge >= 0.3 is 35.3 Å². The summed E-state index contributed by atoms with van der Waals surface area (Å²) in [6.45, 7) is 1.98. The topological polar surface area (TPSA) is 18.5 Å². The first-order valence-electron chi connectivity index (χ1n) is 5.92. The molecule has 0 N–H and O–H groups in total. The molecule has 0 radical (unpaired) electrons. The molecule has 0 spiro atoms. The minimum absolute atomic E-state index is 0.472. The Labute approximate surface area is 115 Å². The molecule has 2 saturated heterocycles. The molecule has 16 heavy (non-hydrogen) atoms. The fourth-order valence-corrected chi connectivity index (χ4v) is 2.32. The molecule has 0 aliphatic carbocycles. The molecule has 100 valence electrons. The number of hydrogen-bond acceptors (Lipinski definition) is 2. The van der Waals surface area contributed by atoms with Crippen molar-refractivity contribution in [2.75, 3.05) is 13.2 Å². The van der Waals surface area contributed by atoms with Crippen LogP contribution in [0.3, 0.4) is 0 Å². The van der Waals surface area contributed by atoms with Crippen LogP contribution in [0.5, 0.6) is 0 Å². The Morgan fingerprint density at radius 1 is 0.938 bits per heavy atom. The first kappa shape index (κ1) is 15.2. The van der Waals surface area contributed by atoms with Crippen LogP contribution in [0.15, 0.2) is 0 Å². The van der Waals surface area contributed by atoms with E-state index in [1.807, 2.05) is 0 Å². The van der Waals surface area contributed by atoms with Crippen LogP contribution in [0.2, 0.25) is 0 Å². The first-order valence-corrected chi connectivity index (χ1v) is 11.6. The van der Waals surface area contributed by atoms with Gasteiger partial charge in [0, 0.05) is 13.2 Å². The Bertz CT molecular complexity index is 144. The molecule has 2 aliphatic heterocycles. The fourth-order valence-electron chi connectivity index (χ4n) is 2.32. The van der Waals surface area contributed by atoms with Gasteiger partial charge in [-0.25, -0.2) is 0 Å². The normalized spacial score (nSPS) is 29.1. The van der Waals surface area contributed by atoms with Crippen LogP contribution in [0, 0.1) is 0 Å². The molecule has 0 aromatic carbocycles. The molecule has 2 unspecified atom stereocenters. The van der Waals surface area contributed by atoms with E-state index in [4.69, 9.17) is 28.3 Å². The number of hydrogen-bond donors (Lipinski definition) is 0. The predicted octanol–water partition coefficient (Wildman–Crippen LogP) is 3.89. The van der Waals surface area contributed by atoms with Crippen LogP contribution in [-0.2, 0) is 26.0 Å². The molecule has 0 aromatic heterocycles. The monoisotopic (exact) mass is 449 g/mol. The number of halogens is 2. The van der Waals surface area contributed by atoms with Gasteiger partial charge in [-0.2, -0.15) is 0 Å². The van der Waals surface area contributed by atoms with Gasteiger partial charge in [0.2, 0.25) is 0 Å². The molecule has 0 aromatic rings. The summed E-state index contributed by atoms with van der Waals surface area (Å²) in [6.07, 6.45) is 10.0. The summed E-state index contributed by atoms with van der Waals surface area (Å²) in [7, 11) is 9.75. The van der Waals surface area contributed by atoms with Crippen LogP contribution < -0.4 is 0 Å². The summed E-state index contributed by atoms with van der Waals surface area (Å²) in [5.74, 6) is 0. The Hall–Kier alpha value is 1.19. The van der Waals surface area contributed by atoms with Crippen molar-refractivity contribution in [1.82, 2.24) is 0 Å². The summed E-state index contributed by atoms with van der Waals surface area (Å²) in [5, 5.41) is 0. The summed E-state index contributed by atoms with van der Waals surface area (Å²) >= 11 is -0.472. The van der Waals surface area contributed by atoms with Crippen LogP contribution in [-0.4, -0.2) is 25.4 Å². The Balaban J connectivity index is 0.000000386. The minimum atomic E-state index is -0.472. The fraction of sp³-hybridized carbons (Fsp3) is 1.00. The van der Waals surface area contributed by atoms with Crippen LogP contribution >= 0.6 is 18.8 Å². The van der Waals surface area contributed by atoms with Gasteiger partial charge in [-0.05, 0) is 44.9 Å². The molecule has 2 aliphatic rings. The molecule has 2 fully saturated rings. The van der Waals surface area contributed by atoms with Gasteiger partial charge in [0.1, 0.15) is 0 Å². The maximum absolute atomic E-state index is 5.58. The third kappa shape index (κ3) is 6.81. The Morgan fingerprint density at radius 3 is 1.69 bits per heavy atom. The van der Waals surface area contributed by atoms with Crippen molar-refractivity contribution in [2.24, 2.45) is 0 Å². The van der Waals surface area contributed by atoms with Gasteiger partial charge < -0.3 is 9.47 Å². The zero-order valence-electron chi connectivity index (χ0n) is 9.41. The number of ether oxygens (including phenoxy) is 2. The van der Waals surface area contributed by atoms with Crippen molar-refractivity contribution >= 4 is 18.8 Å². The maximum atomic E-state index is 5.58. The summed E-state index contributed by atoms with van der Waals surface area (Å²) < 4.78 is 11.2. The van der Waals surface area contributed by atoms with E-state index in [1.165, 1.54) is 44.9 Å². The van der Waals surface area contributed by atoms with E-state index < -0.39 is 16.5 Å². The van der Waals surface area contributed by atoms with E-state index in [9.17, 15) is 0 Å². The van der Waals surface area contributed by atoms with Crippen molar-refractivity contribution in [3.8, 4) is 0 Å². The zero-order valence-corrected chi connectivity index (χ0v) is 13.2.